The van der Waals surface area contributed by atoms with Crippen LogP contribution in [-0.4, -0.2) is 13.7 Å². The van der Waals surface area contributed by atoms with Gasteiger partial charge in [-0.15, -0.1) is 0 Å². The number of rotatable bonds is 5. The lowest BCUT2D eigenvalue weighted by Gasteiger charge is -2.22. The summed E-state index contributed by atoms with van der Waals surface area (Å²) in [6, 6.07) is 15.0. The summed E-state index contributed by atoms with van der Waals surface area (Å²) >= 11 is 0. The molecule has 1 N–H and O–H groups in total. The standard InChI is InChI=1S/C18H23NO/c1-5-20-17-11-10-13(2)12-16(17)18(19-4)15-9-7-6-8-14(15)3/h6-12,18-19H,5H2,1-4H3. The van der Waals surface area contributed by atoms with Gasteiger partial charge in [0, 0.05) is 5.56 Å². The molecule has 0 amide bonds. The van der Waals surface area contributed by atoms with E-state index in [1.807, 2.05) is 14.0 Å². The normalized spacial score (nSPS) is 12.2. The van der Waals surface area contributed by atoms with Crippen molar-refractivity contribution in [3.63, 3.8) is 0 Å². The van der Waals surface area contributed by atoms with Crippen LogP contribution >= 0.6 is 0 Å². The largest absolute Gasteiger partial charge is 0.494 e. The van der Waals surface area contributed by atoms with E-state index in [-0.39, 0.29) is 6.04 Å². The quantitative estimate of drug-likeness (QED) is 0.885. The third-order valence-electron chi connectivity index (χ3n) is 3.56. The van der Waals surface area contributed by atoms with Crippen molar-refractivity contribution in [1.82, 2.24) is 5.32 Å². The Kier molecular flexibility index (Phi) is 4.80. The first-order valence-corrected chi connectivity index (χ1v) is 7.13. The Morgan fingerprint density at radius 2 is 1.80 bits per heavy atom. The van der Waals surface area contributed by atoms with Crippen molar-refractivity contribution >= 4 is 0 Å². The van der Waals surface area contributed by atoms with Gasteiger partial charge in [0.1, 0.15) is 5.75 Å². The van der Waals surface area contributed by atoms with E-state index >= 15 is 0 Å². The van der Waals surface area contributed by atoms with Gasteiger partial charge in [0.25, 0.3) is 0 Å². The maximum absolute atomic E-state index is 5.80. The predicted octanol–water partition coefficient (Wildman–Crippen LogP) is 4.01. The summed E-state index contributed by atoms with van der Waals surface area (Å²) in [5.41, 5.74) is 5.03. The fourth-order valence-corrected chi connectivity index (χ4v) is 2.57. The Morgan fingerprint density at radius 3 is 2.45 bits per heavy atom. The molecule has 0 aromatic heterocycles. The van der Waals surface area contributed by atoms with Gasteiger partial charge in [-0.25, -0.2) is 0 Å². The summed E-state index contributed by atoms with van der Waals surface area (Å²) in [7, 11) is 2.00. The number of aryl methyl sites for hydroxylation is 2. The highest BCUT2D eigenvalue weighted by molar-refractivity contribution is 5.45. The SMILES string of the molecule is CCOc1ccc(C)cc1C(NC)c1ccccc1C. The highest BCUT2D eigenvalue weighted by atomic mass is 16.5. The van der Waals surface area contributed by atoms with Crippen molar-refractivity contribution in [1.29, 1.82) is 0 Å². The zero-order valence-corrected chi connectivity index (χ0v) is 12.7. The lowest BCUT2D eigenvalue weighted by atomic mass is 9.93. The Balaban J connectivity index is 2.51. The molecule has 0 aliphatic carbocycles. The monoisotopic (exact) mass is 269 g/mol. The third-order valence-corrected chi connectivity index (χ3v) is 3.56. The highest BCUT2D eigenvalue weighted by Crippen LogP contribution is 2.32. The average molecular weight is 269 g/mol. The molecule has 2 nitrogen and oxygen atoms in total. The third kappa shape index (κ3) is 3.02. The molecule has 2 aromatic rings. The molecule has 0 saturated heterocycles. The molecule has 0 saturated carbocycles. The molecule has 0 aliphatic heterocycles. The van der Waals surface area contributed by atoms with Crippen molar-refractivity contribution in [2.45, 2.75) is 26.8 Å². The van der Waals surface area contributed by atoms with Crippen LogP contribution in [0.2, 0.25) is 0 Å². The van der Waals surface area contributed by atoms with E-state index in [9.17, 15) is 0 Å². The Bertz CT molecular complexity index is 577. The molecule has 2 rings (SSSR count). The fourth-order valence-electron chi connectivity index (χ4n) is 2.57. The molecule has 0 bridgehead atoms. The number of benzene rings is 2. The lowest BCUT2D eigenvalue weighted by Crippen LogP contribution is -2.19. The molecule has 2 heteroatoms. The first-order valence-electron chi connectivity index (χ1n) is 7.13. The molecule has 20 heavy (non-hydrogen) atoms. The van der Waals surface area contributed by atoms with E-state index < -0.39 is 0 Å². The summed E-state index contributed by atoms with van der Waals surface area (Å²) in [6.07, 6.45) is 0. The molecule has 0 heterocycles. The van der Waals surface area contributed by atoms with Gasteiger partial charge in [0.05, 0.1) is 12.6 Å². The maximum atomic E-state index is 5.80. The van der Waals surface area contributed by atoms with Crippen molar-refractivity contribution in [2.75, 3.05) is 13.7 Å². The van der Waals surface area contributed by atoms with Crippen LogP contribution < -0.4 is 10.1 Å². The molecule has 1 unspecified atom stereocenters. The fraction of sp³-hybridized carbons (Fsp3) is 0.333. The molecule has 106 valence electrons. The molecule has 2 aromatic carbocycles. The van der Waals surface area contributed by atoms with Crippen molar-refractivity contribution in [2.24, 2.45) is 0 Å². The van der Waals surface area contributed by atoms with Gasteiger partial charge < -0.3 is 10.1 Å². The van der Waals surface area contributed by atoms with Crippen LogP contribution in [0.15, 0.2) is 42.5 Å². The molecular weight excluding hydrogens is 246 g/mol. The molecule has 0 fully saturated rings. The number of hydrogen-bond donors (Lipinski definition) is 1. The zero-order chi connectivity index (χ0) is 14.5. The van der Waals surface area contributed by atoms with Gasteiger partial charge in [0.2, 0.25) is 0 Å². The first-order chi connectivity index (χ1) is 9.67. The summed E-state index contributed by atoms with van der Waals surface area (Å²) in [4.78, 5) is 0. The van der Waals surface area contributed by atoms with Gasteiger partial charge in [-0.1, -0.05) is 42.0 Å². The van der Waals surface area contributed by atoms with Crippen LogP contribution in [0, 0.1) is 13.8 Å². The lowest BCUT2D eigenvalue weighted by molar-refractivity contribution is 0.334. The number of hydrogen-bond acceptors (Lipinski definition) is 2. The van der Waals surface area contributed by atoms with Crippen molar-refractivity contribution in [3.8, 4) is 5.75 Å². The minimum absolute atomic E-state index is 0.151. The van der Waals surface area contributed by atoms with Gasteiger partial charge in [-0.3, -0.25) is 0 Å². The van der Waals surface area contributed by atoms with Crippen LogP contribution in [0.4, 0.5) is 0 Å². The topological polar surface area (TPSA) is 21.3 Å². The van der Waals surface area contributed by atoms with E-state index in [4.69, 9.17) is 4.74 Å². The van der Waals surface area contributed by atoms with E-state index in [1.165, 1.54) is 22.3 Å². The summed E-state index contributed by atoms with van der Waals surface area (Å²) < 4.78 is 5.80. The first kappa shape index (κ1) is 14.6. The molecular formula is C18H23NO. The highest BCUT2D eigenvalue weighted by Gasteiger charge is 2.18. The second-order valence-electron chi connectivity index (χ2n) is 5.05. The molecule has 0 spiro atoms. The Labute approximate surface area is 121 Å². The molecule has 0 radical (unpaired) electrons. The summed E-state index contributed by atoms with van der Waals surface area (Å²) in [6.45, 7) is 6.96. The van der Waals surface area contributed by atoms with Gasteiger partial charge >= 0.3 is 0 Å². The smallest absolute Gasteiger partial charge is 0.124 e. The number of ether oxygens (including phenoxy) is 1. The predicted molar refractivity (Wildman–Crippen MR) is 84.4 cm³/mol. The average Bonchev–Trinajstić information content (AvgIpc) is 2.44. The summed E-state index contributed by atoms with van der Waals surface area (Å²) in [5.74, 6) is 0.959. The van der Waals surface area contributed by atoms with E-state index in [2.05, 4.69) is 61.6 Å². The Morgan fingerprint density at radius 1 is 1.05 bits per heavy atom. The van der Waals surface area contributed by atoms with Gasteiger partial charge in [0.15, 0.2) is 0 Å². The van der Waals surface area contributed by atoms with Gasteiger partial charge in [-0.05, 0) is 45.0 Å². The van der Waals surface area contributed by atoms with Crippen LogP contribution in [0.1, 0.15) is 35.2 Å². The minimum atomic E-state index is 0.151. The van der Waals surface area contributed by atoms with E-state index in [0.717, 1.165) is 5.75 Å². The minimum Gasteiger partial charge on any atom is -0.494 e. The zero-order valence-electron chi connectivity index (χ0n) is 12.7. The van der Waals surface area contributed by atoms with Crippen molar-refractivity contribution < 1.29 is 4.74 Å². The van der Waals surface area contributed by atoms with E-state index in [0.29, 0.717) is 6.61 Å². The molecule has 0 aliphatic rings. The van der Waals surface area contributed by atoms with Gasteiger partial charge in [-0.2, -0.15) is 0 Å². The summed E-state index contributed by atoms with van der Waals surface area (Å²) in [5, 5.41) is 3.42. The Hall–Kier alpha value is -1.80. The van der Waals surface area contributed by atoms with Crippen LogP contribution in [0.3, 0.4) is 0 Å². The van der Waals surface area contributed by atoms with Crippen molar-refractivity contribution in [3.05, 3.63) is 64.7 Å². The van der Waals surface area contributed by atoms with Crippen LogP contribution in [0.25, 0.3) is 0 Å². The van der Waals surface area contributed by atoms with Crippen LogP contribution in [-0.2, 0) is 0 Å². The molecule has 1 atom stereocenters. The van der Waals surface area contributed by atoms with E-state index in [1.54, 1.807) is 0 Å². The second kappa shape index (κ2) is 6.58. The van der Waals surface area contributed by atoms with Crippen LogP contribution in [0.5, 0.6) is 5.75 Å². The maximum Gasteiger partial charge on any atom is 0.124 e. The number of nitrogens with one attached hydrogen (secondary N) is 1. The second-order valence-corrected chi connectivity index (χ2v) is 5.05.